The Morgan fingerprint density at radius 1 is 0.284 bits per heavy atom. The van der Waals surface area contributed by atoms with Crippen LogP contribution in [0.5, 0.6) is 0 Å². The number of hydrogen-bond donors (Lipinski definition) is 3. The Bertz CT molecular complexity index is 1820. The van der Waals surface area contributed by atoms with Crippen LogP contribution in [0.3, 0.4) is 0 Å². The monoisotopic (exact) mass is 1400 g/mol. The number of esters is 4. The van der Waals surface area contributed by atoms with Crippen LogP contribution in [0.1, 0.15) is 401 Å². The van der Waals surface area contributed by atoms with E-state index in [0.717, 1.165) is 96.3 Å². The molecule has 0 spiro atoms. The summed E-state index contributed by atoms with van der Waals surface area (Å²) in [6.45, 7) is 7.21. The highest BCUT2D eigenvalue weighted by molar-refractivity contribution is 7.47. The highest BCUT2D eigenvalue weighted by Gasteiger charge is 2.30. The molecule has 564 valence electrons. The molecule has 17 nitrogen and oxygen atoms in total. The van der Waals surface area contributed by atoms with E-state index in [1.165, 1.54) is 218 Å². The summed E-state index contributed by atoms with van der Waals surface area (Å²) in [5.41, 5.74) is 0. The largest absolute Gasteiger partial charge is 0.472 e. The van der Waals surface area contributed by atoms with E-state index in [4.69, 9.17) is 37.0 Å². The quantitative estimate of drug-likeness (QED) is 0.0222. The molecule has 0 rings (SSSR count). The zero-order valence-corrected chi connectivity index (χ0v) is 63.6. The Hall–Kier alpha value is -1.94. The van der Waals surface area contributed by atoms with Gasteiger partial charge in [-0.3, -0.25) is 37.3 Å². The summed E-state index contributed by atoms with van der Waals surface area (Å²) < 4.78 is 68.5. The maximum atomic E-state index is 13.1. The molecule has 0 aliphatic carbocycles. The smallest absolute Gasteiger partial charge is 0.462 e. The van der Waals surface area contributed by atoms with Gasteiger partial charge in [-0.2, -0.15) is 0 Å². The highest BCUT2D eigenvalue weighted by atomic mass is 31.2. The Morgan fingerprint density at radius 3 is 0.716 bits per heavy atom. The summed E-state index contributed by atoms with van der Waals surface area (Å²) >= 11 is 0. The van der Waals surface area contributed by atoms with Gasteiger partial charge in [-0.25, -0.2) is 9.13 Å². The van der Waals surface area contributed by atoms with Crippen LogP contribution in [0, 0.1) is 5.92 Å². The molecule has 5 atom stereocenters. The average Bonchev–Trinajstić information content (AvgIpc) is 1.69. The van der Waals surface area contributed by atoms with Crippen molar-refractivity contribution < 1.29 is 80.2 Å². The number of carbonyl (C=O) groups is 4. The van der Waals surface area contributed by atoms with E-state index in [-0.39, 0.29) is 25.7 Å². The standard InChI is InChI=1S/C76H148O17P2/c1-6-9-12-15-18-21-24-26-28-29-30-31-32-34-36-39-42-45-52-57-62-76(81)92-71(65-86-73(78)59-54-49-43-40-38-35-33-27-25-22-19-16-13-10-7-2)67-90-94(82,83)88-63-70(77)64-89-95(84,85)91-68-72(66-87-74(79)60-55-50-47-46-48-53-58-69(4)5)93-75(80)61-56-51-44-41-37-23-20-17-14-11-8-3/h69-72,77H,6-68H2,1-5H3,(H,82,83)(H,84,85)/t70-,71-,72-/m1/s1. The molecule has 19 heteroatoms. The summed E-state index contributed by atoms with van der Waals surface area (Å²) in [6, 6.07) is 0. The molecule has 0 saturated heterocycles. The lowest BCUT2D eigenvalue weighted by Crippen LogP contribution is -2.30. The second-order valence-corrected chi connectivity index (χ2v) is 30.8. The van der Waals surface area contributed by atoms with Gasteiger partial charge in [-0.05, 0) is 31.6 Å². The highest BCUT2D eigenvalue weighted by Crippen LogP contribution is 2.45. The van der Waals surface area contributed by atoms with E-state index in [0.29, 0.717) is 31.6 Å². The first-order valence-electron chi connectivity index (χ1n) is 39.6. The van der Waals surface area contributed by atoms with Gasteiger partial charge in [0.15, 0.2) is 12.2 Å². The number of aliphatic hydroxyl groups is 1. The van der Waals surface area contributed by atoms with E-state index in [2.05, 4.69) is 34.6 Å². The Labute approximate surface area is 581 Å². The minimum Gasteiger partial charge on any atom is -0.462 e. The molecular weight excluding hydrogens is 1250 g/mol. The SMILES string of the molecule is CCCCCCCCCCCCCCCCCCCCCCC(=O)O[C@H](COC(=O)CCCCCCCCCCCCCCCCC)COP(=O)(O)OC[C@@H](O)COP(=O)(O)OC[C@@H](COC(=O)CCCCCCCCC(C)C)OC(=O)CCCCCCCCCCCCC. The maximum absolute atomic E-state index is 13.1. The lowest BCUT2D eigenvalue weighted by atomic mass is 10.0. The predicted octanol–water partition coefficient (Wildman–Crippen LogP) is 22.5. The van der Waals surface area contributed by atoms with E-state index >= 15 is 0 Å². The molecule has 0 heterocycles. The molecule has 0 radical (unpaired) electrons. The van der Waals surface area contributed by atoms with E-state index < -0.39 is 97.5 Å². The fourth-order valence-corrected chi connectivity index (χ4v) is 13.3. The first-order chi connectivity index (χ1) is 46.0. The number of aliphatic hydroxyl groups excluding tert-OH is 1. The number of ether oxygens (including phenoxy) is 4. The summed E-state index contributed by atoms with van der Waals surface area (Å²) in [7, 11) is -9.91. The molecule has 95 heavy (non-hydrogen) atoms. The molecule has 0 amide bonds. The summed E-state index contributed by atoms with van der Waals surface area (Å²) in [5.74, 6) is -1.44. The fraction of sp³-hybridized carbons (Fsp3) is 0.947. The molecule has 0 saturated carbocycles. The van der Waals surface area contributed by atoms with E-state index in [1.54, 1.807) is 0 Å². The van der Waals surface area contributed by atoms with Gasteiger partial charge in [0, 0.05) is 25.7 Å². The van der Waals surface area contributed by atoms with Crippen molar-refractivity contribution in [3.8, 4) is 0 Å². The summed E-state index contributed by atoms with van der Waals surface area (Å²) in [4.78, 5) is 72.7. The molecule has 3 N–H and O–H groups in total. The third kappa shape index (κ3) is 70.3. The van der Waals surface area contributed by atoms with Crippen molar-refractivity contribution in [1.82, 2.24) is 0 Å². The molecule has 0 bridgehead atoms. The van der Waals surface area contributed by atoms with E-state index in [1.807, 2.05) is 0 Å². The van der Waals surface area contributed by atoms with Crippen LogP contribution >= 0.6 is 15.6 Å². The van der Waals surface area contributed by atoms with Crippen LogP contribution in [0.15, 0.2) is 0 Å². The topological polar surface area (TPSA) is 237 Å². The summed E-state index contributed by atoms with van der Waals surface area (Å²) in [5, 5.41) is 10.6. The van der Waals surface area contributed by atoms with Crippen molar-refractivity contribution in [1.29, 1.82) is 0 Å². The van der Waals surface area contributed by atoms with Crippen LogP contribution in [0.25, 0.3) is 0 Å². The number of rotatable bonds is 76. The Kier molecular flexibility index (Phi) is 67.7. The van der Waals surface area contributed by atoms with Crippen LogP contribution in [-0.4, -0.2) is 96.7 Å². The first-order valence-corrected chi connectivity index (χ1v) is 42.6. The van der Waals surface area contributed by atoms with Gasteiger partial charge in [0.25, 0.3) is 0 Å². The molecule has 2 unspecified atom stereocenters. The number of hydrogen-bond acceptors (Lipinski definition) is 15. The van der Waals surface area contributed by atoms with Crippen LogP contribution in [-0.2, 0) is 65.4 Å². The molecule has 0 aliphatic heterocycles. The maximum Gasteiger partial charge on any atom is 0.472 e. The van der Waals surface area contributed by atoms with Crippen molar-refractivity contribution in [2.24, 2.45) is 5.92 Å². The van der Waals surface area contributed by atoms with Crippen molar-refractivity contribution in [3.63, 3.8) is 0 Å². The van der Waals surface area contributed by atoms with Gasteiger partial charge in [0.1, 0.15) is 19.3 Å². The second kappa shape index (κ2) is 69.2. The predicted molar refractivity (Wildman–Crippen MR) is 386 cm³/mol. The van der Waals surface area contributed by atoms with Crippen molar-refractivity contribution in [2.45, 2.75) is 419 Å². The third-order valence-corrected chi connectivity index (χ3v) is 19.7. The Morgan fingerprint density at radius 2 is 0.484 bits per heavy atom. The Balaban J connectivity index is 5.20. The normalized spacial score (nSPS) is 13.9. The fourth-order valence-electron chi connectivity index (χ4n) is 11.7. The minimum absolute atomic E-state index is 0.106. The lowest BCUT2D eigenvalue weighted by molar-refractivity contribution is -0.161. The number of unbranched alkanes of at least 4 members (excludes halogenated alkanes) is 48. The third-order valence-electron chi connectivity index (χ3n) is 17.8. The van der Waals surface area contributed by atoms with Crippen LogP contribution in [0.4, 0.5) is 0 Å². The molecule has 0 fully saturated rings. The van der Waals surface area contributed by atoms with Gasteiger partial charge in [-0.1, -0.05) is 349 Å². The number of phosphoric ester groups is 2. The number of phosphoric acid groups is 2. The minimum atomic E-state index is -4.96. The average molecular weight is 1400 g/mol. The first kappa shape index (κ1) is 93.1. The molecule has 0 aliphatic rings. The van der Waals surface area contributed by atoms with Gasteiger partial charge >= 0.3 is 39.5 Å². The van der Waals surface area contributed by atoms with Gasteiger partial charge in [0.2, 0.25) is 0 Å². The molecular formula is C76H148O17P2. The van der Waals surface area contributed by atoms with Crippen molar-refractivity contribution in [3.05, 3.63) is 0 Å². The van der Waals surface area contributed by atoms with Crippen LogP contribution < -0.4 is 0 Å². The molecule has 0 aromatic heterocycles. The zero-order chi connectivity index (χ0) is 69.8. The zero-order valence-electron chi connectivity index (χ0n) is 61.8. The van der Waals surface area contributed by atoms with Crippen LogP contribution in [0.2, 0.25) is 0 Å². The van der Waals surface area contributed by atoms with E-state index in [9.17, 15) is 43.2 Å². The van der Waals surface area contributed by atoms with Crippen molar-refractivity contribution >= 4 is 39.5 Å². The van der Waals surface area contributed by atoms with Crippen molar-refractivity contribution in [2.75, 3.05) is 39.6 Å². The van der Waals surface area contributed by atoms with Gasteiger partial charge in [-0.15, -0.1) is 0 Å². The lowest BCUT2D eigenvalue weighted by Gasteiger charge is -2.21. The molecule has 0 aromatic rings. The van der Waals surface area contributed by atoms with Gasteiger partial charge in [0.05, 0.1) is 26.4 Å². The number of carbonyl (C=O) groups excluding carboxylic acids is 4. The van der Waals surface area contributed by atoms with Gasteiger partial charge < -0.3 is 33.8 Å². The summed E-state index contributed by atoms with van der Waals surface area (Å²) in [6.07, 6.45) is 58.5. The molecule has 0 aromatic carbocycles. The second-order valence-electron chi connectivity index (χ2n) is 27.9.